The van der Waals surface area contributed by atoms with Gasteiger partial charge in [-0.2, -0.15) is 0 Å². The van der Waals surface area contributed by atoms with Crippen molar-refractivity contribution in [3.05, 3.63) is 0 Å². The molecular formula is C8H16FN. The molecule has 0 aromatic carbocycles. The van der Waals surface area contributed by atoms with E-state index in [1.165, 1.54) is 0 Å². The second kappa shape index (κ2) is 2.87. The Kier molecular flexibility index (Phi) is 2.29. The summed E-state index contributed by atoms with van der Waals surface area (Å²) in [6.07, 6.45) is 1.31. The van der Waals surface area contributed by atoms with Gasteiger partial charge in [-0.3, -0.25) is 0 Å². The molecule has 1 aliphatic carbocycles. The van der Waals surface area contributed by atoms with Crippen LogP contribution in [0.25, 0.3) is 0 Å². The molecule has 1 fully saturated rings. The fraction of sp³-hybridized carbons (Fsp3) is 1.00. The zero-order valence-electron chi connectivity index (χ0n) is 6.68. The molecule has 2 heteroatoms. The van der Waals surface area contributed by atoms with E-state index in [9.17, 15) is 4.39 Å². The van der Waals surface area contributed by atoms with Crippen LogP contribution in [0.15, 0.2) is 0 Å². The maximum absolute atomic E-state index is 13.1. The SMILES string of the molecule is C[C@@H]1CC[C@H](C)[C@H](F)[C@@H]1N. The summed E-state index contributed by atoms with van der Waals surface area (Å²) in [5.74, 6) is 0.539. The third-order valence-electron chi connectivity index (χ3n) is 2.65. The van der Waals surface area contributed by atoms with E-state index >= 15 is 0 Å². The Balaban J connectivity index is 2.52. The minimum Gasteiger partial charge on any atom is -0.325 e. The molecule has 60 valence electrons. The lowest BCUT2D eigenvalue weighted by Gasteiger charge is -2.33. The van der Waals surface area contributed by atoms with Crippen LogP contribution in [0, 0.1) is 11.8 Å². The Morgan fingerprint density at radius 2 is 1.70 bits per heavy atom. The highest BCUT2D eigenvalue weighted by molar-refractivity contribution is 4.86. The van der Waals surface area contributed by atoms with Crippen LogP contribution in [-0.2, 0) is 0 Å². The van der Waals surface area contributed by atoms with Gasteiger partial charge >= 0.3 is 0 Å². The summed E-state index contributed by atoms with van der Waals surface area (Å²) in [4.78, 5) is 0. The number of halogens is 1. The molecule has 0 aromatic rings. The van der Waals surface area contributed by atoms with Crippen molar-refractivity contribution in [2.24, 2.45) is 17.6 Å². The van der Waals surface area contributed by atoms with Gasteiger partial charge in [0.25, 0.3) is 0 Å². The molecule has 10 heavy (non-hydrogen) atoms. The number of rotatable bonds is 0. The van der Waals surface area contributed by atoms with Crippen molar-refractivity contribution < 1.29 is 4.39 Å². The highest BCUT2D eigenvalue weighted by Gasteiger charge is 2.32. The van der Waals surface area contributed by atoms with E-state index in [0.29, 0.717) is 5.92 Å². The molecule has 0 saturated heterocycles. The zero-order chi connectivity index (χ0) is 7.72. The molecule has 1 nitrogen and oxygen atoms in total. The average molecular weight is 145 g/mol. The van der Waals surface area contributed by atoms with Gasteiger partial charge in [-0.05, 0) is 24.7 Å². The molecule has 0 unspecified atom stereocenters. The Morgan fingerprint density at radius 3 is 2.20 bits per heavy atom. The molecular weight excluding hydrogens is 129 g/mol. The van der Waals surface area contributed by atoms with E-state index in [0.717, 1.165) is 12.8 Å². The van der Waals surface area contributed by atoms with Gasteiger partial charge in [0.2, 0.25) is 0 Å². The van der Waals surface area contributed by atoms with Crippen LogP contribution in [0.2, 0.25) is 0 Å². The first-order chi connectivity index (χ1) is 4.63. The summed E-state index contributed by atoms with van der Waals surface area (Å²) in [6.45, 7) is 3.97. The smallest absolute Gasteiger partial charge is 0.118 e. The van der Waals surface area contributed by atoms with Gasteiger partial charge in [-0.25, -0.2) is 4.39 Å². The molecule has 4 atom stereocenters. The first-order valence-electron chi connectivity index (χ1n) is 4.02. The summed E-state index contributed by atoms with van der Waals surface area (Å²) in [6, 6.07) is -0.219. The number of nitrogens with two attached hydrogens (primary N) is 1. The molecule has 0 bridgehead atoms. The predicted molar refractivity (Wildman–Crippen MR) is 40.4 cm³/mol. The van der Waals surface area contributed by atoms with Crippen molar-refractivity contribution in [1.29, 1.82) is 0 Å². The Hall–Kier alpha value is -0.110. The van der Waals surface area contributed by atoms with E-state index in [2.05, 4.69) is 0 Å². The third-order valence-corrected chi connectivity index (χ3v) is 2.65. The molecule has 2 N–H and O–H groups in total. The first kappa shape index (κ1) is 7.99. The summed E-state index contributed by atoms with van der Waals surface area (Å²) in [5, 5.41) is 0. The Bertz CT molecular complexity index is 102. The lowest BCUT2D eigenvalue weighted by Crippen LogP contribution is -2.44. The summed E-state index contributed by atoms with van der Waals surface area (Å²) < 4.78 is 13.1. The van der Waals surface area contributed by atoms with Gasteiger partial charge in [0.05, 0.1) is 0 Å². The molecule has 0 spiro atoms. The van der Waals surface area contributed by atoms with Gasteiger partial charge in [0, 0.05) is 6.04 Å². The van der Waals surface area contributed by atoms with Crippen molar-refractivity contribution in [2.75, 3.05) is 0 Å². The van der Waals surface area contributed by atoms with E-state index in [1.54, 1.807) is 0 Å². The molecule has 0 radical (unpaired) electrons. The van der Waals surface area contributed by atoms with E-state index < -0.39 is 6.17 Å². The van der Waals surface area contributed by atoms with Crippen LogP contribution in [0.4, 0.5) is 4.39 Å². The topological polar surface area (TPSA) is 26.0 Å². The van der Waals surface area contributed by atoms with Gasteiger partial charge in [-0.1, -0.05) is 13.8 Å². The number of hydrogen-bond acceptors (Lipinski definition) is 1. The highest BCUT2D eigenvalue weighted by Crippen LogP contribution is 2.29. The lowest BCUT2D eigenvalue weighted by atomic mass is 9.79. The Morgan fingerprint density at radius 1 is 1.20 bits per heavy atom. The van der Waals surface area contributed by atoms with Crippen LogP contribution >= 0.6 is 0 Å². The molecule has 0 heterocycles. The van der Waals surface area contributed by atoms with Crippen LogP contribution in [0.5, 0.6) is 0 Å². The normalized spacial score (nSPS) is 49.2. The first-order valence-corrected chi connectivity index (χ1v) is 4.02. The number of alkyl halides is 1. The standard InChI is InChI=1S/C8H16FN/c1-5-3-4-6(2)8(10)7(5)9/h5-8H,3-4,10H2,1-2H3/t5-,6+,7-,8+/m0/s1. The number of hydrogen-bond donors (Lipinski definition) is 1. The summed E-state index contributed by atoms with van der Waals surface area (Å²) >= 11 is 0. The van der Waals surface area contributed by atoms with Crippen molar-refractivity contribution >= 4 is 0 Å². The summed E-state index contributed by atoms with van der Waals surface area (Å²) in [5.41, 5.74) is 5.64. The maximum Gasteiger partial charge on any atom is 0.118 e. The van der Waals surface area contributed by atoms with Crippen molar-refractivity contribution in [3.8, 4) is 0 Å². The molecule has 0 aliphatic heterocycles. The second-order valence-electron chi connectivity index (χ2n) is 3.55. The molecule has 1 rings (SSSR count). The fourth-order valence-electron chi connectivity index (χ4n) is 1.57. The van der Waals surface area contributed by atoms with E-state index in [4.69, 9.17) is 5.73 Å². The fourth-order valence-corrected chi connectivity index (χ4v) is 1.57. The van der Waals surface area contributed by atoms with Gasteiger partial charge < -0.3 is 5.73 Å². The molecule has 0 aromatic heterocycles. The quantitative estimate of drug-likeness (QED) is 0.552. The van der Waals surface area contributed by atoms with Gasteiger partial charge in [-0.15, -0.1) is 0 Å². The third kappa shape index (κ3) is 1.31. The minimum absolute atomic E-state index is 0.172. The second-order valence-corrected chi connectivity index (χ2v) is 3.55. The zero-order valence-corrected chi connectivity index (χ0v) is 6.68. The lowest BCUT2D eigenvalue weighted by molar-refractivity contribution is 0.116. The monoisotopic (exact) mass is 145 g/mol. The highest BCUT2D eigenvalue weighted by atomic mass is 19.1. The molecule has 1 aliphatic rings. The van der Waals surface area contributed by atoms with Crippen LogP contribution < -0.4 is 5.73 Å². The van der Waals surface area contributed by atoms with Gasteiger partial charge in [0.15, 0.2) is 0 Å². The van der Waals surface area contributed by atoms with Crippen molar-refractivity contribution in [2.45, 2.75) is 38.9 Å². The van der Waals surface area contributed by atoms with Crippen molar-refractivity contribution in [3.63, 3.8) is 0 Å². The average Bonchev–Trinajstić information content (AvgIpc) is 1.93. The van der Waals surface area contributed by atoms with E-state index in [-0.39, 0.29) is 12.0 Å². The molecule has 0 amide bonds. The minimum atomic E-state index is -0.774. The predicted octanol–water partition coefficient (Wildman–Crippen LogP) is 1.72. The van der Waals surface area contributed by atoms with Crippen LogP contribution in [-0.4, -0.2) is 12.2 Å². The Labute approximate surface area is 61.8 Å². The summed E-state index contributed by atoms with van der Waals surface area (Å²) in [7, 11) is 0. The van der Waals surface area contributed by atoms with Crippen LogP contribution in [0.1, 0.15) is 26.7 Å². The van der Waals surface area contributed by atoms with Crippen LogP contribution in [0.3, 0.4) is 0 Å². The maximum atomic E-state index is 13.1. The van der Waals surface area contributed by atoms with Crippen molar-refractivity contribution in [1.82, 2.24) is 0 Å². The van der Waals surface area contributed by atoms with E-state index in [1.807, 2.05) is 13.8 Å². The molecule has 1 saturated carbocycles. The van der Waals surface area contributed by atoms with Gasteiger partial charge in [0.1, 0.15) is 6.17 Å². The largest absolute Gasteiger partial charge is 0.325 e.